The molecule has 0 saturated carbocycles. The summed E-state index contributed by atoms with van der Waals surface area (Å²) in [6.07, 6.45) is 7.16. The van der Waals surface area contributed by atoms with Crippen LogP contribution in [0.1, 0.15) is 19.4 Å². The minimum atomic E-state index is 0.268. The average molecular weight is 466 g/mol. The first kappa shape index (κ1) is 25.7. The Balaban J connectivity index is 2.29. The number of nitrogens with zero attached hydrogens (tertiary/aromatic N) is 3. The molecule has 0 atom stereocenters. The third kappa shape index (κ3) is 7.25. The summed E-state index contributed by atoms with van der Waals surface area (Å²) in [5.74, 6) is 2.08. The fraction of sp³-hybridized carbons (Fsp3) is 0.240. The summed E-state index contributed by atoms with van der Waals surface area (Å²) >= 11 is 1.46. The molecule has 0 saturated heterocycles. The topological polar surface area (TPSA) is 84.5 Å². The minimum absolute atomic E-state index is 0.268. The van der Waals surface area contributed by atoms with E-state index in [0.29, 0.717) is 22.2 Å². The third-order valence-corrected chi connectivity index (χ3v) is 5.73. The number of nitrogens with one attached hydrogen (secondary N) is 2. The fourth-order valence-corrected chi connectivity index (χ4v) is 3.58. The number of aliphatic imine (C=N–C) groups is 1. The molecule has 0 unspecified atom stereocenters. The van der Waals surface area contributed by atoms with Crippen molar-refractivity contribution in [2.24, 2.45) is 4.99 Å². The molecule has 7 nitrogen and oxygen atoms in total. The lowest BCUT2D eigenvalue weighted by atomic mass is 10.2. The second kappa shape index (κ2) is 12.5. The van der Waals surface area contributed by atoms with Crippen molar-refractivity contribution in [3.8, 4) is 5.75 Å². The van der Waals surface area contributed by atoms with Crippen LogP contribution in [0.4, 0.5) is 5.69 Å². The van der Waals surface area contributed by atoms with Gasteiger partial charge in [-0.05, 0) is 38.1 Å². The van der Waals surface area contributed by atoms with Crippen LogP contribution in [0, 0.1) is 5.41 Å². The number of ether oxygens (including phenoxy) is 2. The Hall–Kier alpha value is -3.52. The number of anilines is 1. The predicted molar refractivity (Wildman–Crippen MR) is 138 cm³/mol. The van der Waals surface area contributed by atoms with Crippen molar-refractivity contribution in [1.29, 1.82) is 5.41 Å². The molecule has 0 aliphatic carbocycles. The van der Waals surface area contributed by atoms with E-state index in [0.717, 1.165) is 28.6 Å². The standard InChI is InChI=1S/C25H31N5O2S/c1-17(29-21-12-9-13-22(14-21)32-7)16-33-25-28-15-23(20(4)27-5)24(26)30(25)18(2)10-8-11-19(3)31-6/h8-15,26,29H,1-2,16H2,3-7H3/b10-8-,19-11+,26-24?,27-20-. The summed E-state index contributed by atoms with van der Waals surface area (Å²) < 4.78 is 12.1. The molecule has 0 aliphatic rings. The molecule has 0 aliphatic heterocycles. The Kier molecular flexibility index (Phi) is 9.75. The van der Waals surface area contributed by atoms with Crippen LogP contribution in [0.2, 0.25) is 0 Å². The Labute approximate surface area is 199 Å². The summed E-state index contributed by atoms with van der Waals surface area (Å²) in [6.45, 7) is 12.0. The number of benzene rings is 1. The van der Waals surface area contributed by atoms with Gasteiger partial charge in [-0.25, -0.2) is 4.98 Å². The summed E-state index contributed by atoms with van der Waals surface area (Å²) in [6, 6.07) is 7.65. The van der Waals surface area contributed by atoms with E-state index in [1.54, 1.807) is 32.0 Å². The highest BCUT2D eigenvalue weighted by Crippen LogP contribution is 2.23. The summed E-state index contributed by atoms with van der Waals surface area (Å²) in [5, 5.41) is 12.7. The molecule has 0 fully saturated rings. The van der Waals surface area contributed by atoms with Gasteiger partial charge in [-0.15, -0.1) is 0 Å². The molecular formula is C25H31N5O2S. The van der Waals surface area contributed by atoms with Gasteiger partial charge in [0.1, 0.15) is 11.2 Å². The van der Waals surface area contributed by atoms with Gasteiger partial charge >= 0.3 is 0 Å². The normalized spacial score (nSPS) is 12.0. The summed E-state index contributed by atoms with van der Waals surface area (Å²) in [4.78, 5) is 8.81. The van der Waals surface area contributed by atoms with E-state index >= 15 is 0 Å². The van der Waals surface area contributed by atoms with Crippen LogP contribution < -0.4 is 15.5 Å². The summed E-state index contributed by atoms with van der Waals surface area (Å²) in [7, 11) is 4.95. The largest absolute Gasteiger partial charge is 0.501 e. The van der Waals surface area contributed by atoms with Gasteiger partial charge in [-0.3, -0.25) is 15.0 Å². The molecule has 0 amide bonds. The highest BCUT2D eigenvalue weighted by molar-refractivity contribution is 7.99. The molecule has 1 aromatic heterocycles. The van der Waals surface area contributed by atoms with Crippen molar-refractivity contribution in [2.75, 3.05) is 32.3 Å². The predicted octanol–water partition coefficient (Wildman–Crippen LogP) is 5.10. The second-order valence-corrected chi connectivity index (χ2v) is 7.97. The second-order valence-electron chi connectivity index (χ2n) is 7.03. The molecule has 2 aromatic rings. The van der Waals surface area contributed by atoms with Crippen molar-refractivity contribution in [3.05, 3.63) is 84.4 Å². The molecule has 0 spiro atoms. The van der Waals surface area contributed by atoms with Gasteiger partial charge in [0.25, 0.3) is 0 Å². The van der Waals surface area contributed by atoms with E-state index in [-0.39, 0.29) is 5.49 Å². The lowest BCUT2D eigenvalue weighted by Crippen LogP contribution is -2.27. The van der Waals surface area contributed by atoms with Crippen molar-refractivity contribution >= 4 is 28.9 Å². The number of hydrogen-bond acceptors (Lipinski definition) is 7. The van der Waals surface area contributed by atoms with Crippen LogP contribution in [0.3, 0.4) is 0 Å². The smallest absolute Gasteiger partial charge is 0.174 e. The van der Waals surface area contributed by atoms with Gasteiger partial charge < -0.3 is 14.8 Å². The van der Waals surface area contributed by atoms with Gasteiger partial charge in [-0.1, -0.05) is 37.1 Å². The molecule has 174 valence electrons. The molecular weight excluding hydrogens is 434 g/mol. The first-order valence-electron chi connectivity index (χ1n) is 10.2. The van der Waals surface area contributed by atoms with E-state index in [9.17, 15) is 0 Å². The van der Waals surface area contributed by atoms with Crippen LogP contribution in [0.15, 0.2) is 83.5 Å². The minimum Gasteiger partial charge on any atom is -0.501 e. The Morgan fingerprint density at radius 3 is 2.73 bits per heavy atom. The number of rotatable bonds is 11. The van der Waals surface area contributed by atoms with Gasteiger partial charge in [-0.2, -0.15) is 0 Å². The fourth-order valence-electron chi connectivity index (χ4n) is 2.74. The Morgan fingerprint density at radius 1 is 1.30 bits per heavy atom. The number of methoxy groups -OCH3 is 2. The van der Waals surface area contributed by atoms with E-state index in [4.69, 9.17) is 14.9 Å². The van der Waals surface area contributed by atoms with E-state index in [1.165, 1.54) is 11.8 Å². The average Bonchev–Trinajstić information content (AvgIpc) is 2.82. The number of hydrogen-bond donors (Lipinski definition) is 2. The van der Waals surface area contributed by atoms with Crippen LogP contribution in [0.5, 0.6) is 5.75 Å². The van der Waals surface area contributed by atoms with E-state index in [2.05, 4.69) is 28.5 Å². The number of aromatic nitrogens is 2. The van der Waals surface area contributed by atoms with E-state index in [1.807, 2.05) is 56.3 Å². The van der Waals surface area contributed by atoms with Crippen molar-refractivity contribution < 1.29 is 9.47 Å². The third-order valence-electron chi connectivity index (χ3n) is 4.69. The zero-order chi connectivity index (χ0) is 24.4. The Bertz CT molecular complexity index is 1160. The van der Waals surface area contributed by atoms with Gasteiger partial charge in [0.2, 0.25) is 0 Å². The number of thioether (sulfide) groups is 1. The highest BCUT2D eigenvalue weighted by Gasteiger charge is 2.12. The SMILES string of the molecule is C=C(CSc1ncc(/C(C)=N\C)c(=N)n1C(=C)/C=C\C=C(/C)OC)Nc1cccc(OC)c1. The van der Waals surface area contributed by atoms with Gasteiger partial charge in [0, 0.05) is 47.9 Å². The lowest BCUT2D eigenvalue weighted by Gasteiger charge is -2.16. The monoisotopic (exact) mass is 465 g/mol. The molecule has 2 rings (SSSR count). The first-order valence-corrected chi connectivity index (χ1v) is 11.2. The molecule has 2 N–H and O–H groups in total. The zero-order valence-electron chi connectivity index (χ0n) is 19.8. The molecule has 8 heteroatoms. The quantitative estimate of drug-likeness (QED) is 0.158. The first-order chi connectivity index (χ1) is 15.8. The molecule has 33 heavy (non-hydrogen) atoms. The van der Waals surface area contributed by atoms with Gasteiger partial charge in [0.05, 0.1) is 25.5 Å². The van der Waals surface area contributed by atoms with Crippen LogP contribution in [0.25, 0.3) is 5.70 Å². The van der Waals surface area contributed by atoms with Crippen molar-refractivity contribution in [2.45, 2.75) is 19.0 Å². The Morgan fingerprint density at radius 2 is 2.06 bits per heavy atom. The molecule has 0 bridgehead atoms. The zero-order valence-corrected chi connectivity index (χ0v) is 20.6. The van der Waals surface area contributed by atoms with E-state index < -0.39 is 0 Å². The lowest BCUT2D eigenvalue weighted by molar-refractivity contribution is 0.294. The maximum absolute atomic E-state index is 8.76. The van der Waals surface area contributed by atoms with Crippen LogP contribution >= 0.6 is 11.8 Å². The van der Waals surface area contributed by atoms with Crippen LogP contribution in [-0.2, 0) is 4.74 Å². The van der Waals surface area contributed by atoms with Crippen LogP contribution in [-0.4, -0.2) is 42.3 Å². The van der Waals surface area contributed by atoms with Crippen molar-refractivity contribution in [3.63, 3.8) is 0 Å². The number of allylic oxidation sites excluding steroid dienone is 5. The van der Waals surface area contributed by atoms with Crippen molar-refractivity contribution in [1.82, 2.24) is 9.55 Å². The molecule has 1 aromatic carbocycles. The maximum atomic E-state index is 8.76. The maximum Gasteiger partial charge on any atom is 0.174 e. The molecule has 1 heterocycles. The molecule has 0 radical (unpaired) electrons. The highest BCUT2D eigenvalue weighted by atomic mass is 32.2. The van der Waals surface area contributed by atoms with Gasteiger partial charge in [0.15, 0.2) is 5.16 Å². The summed E-state index contributed by atoms with van der Waals surface area (Å²) in [5.41, 5.74) is 3.93.